The van der Waals surface area contributed by atoms with E-state index in [1.807, 2.05) is 0 Å². The normalized spacial score (nSPS) is 33.1. The second kappa shape index (κ2) is 6.59. The molecule has 0 spiro atoms. The van der Waals surface area contributed by atoms with Crippen molar-refractivity contribution < 1.29 is 48.1 Å². The predicted molar refractivity (Wildman–Crippen MR) is 59.0 cm³/mol. The van der Waals surface area contributed by atoms with Crippen LogP contribution in [0, 0.1) is 0 Å². The first-order valence-corrected chi connectivity index (χ1v) is 9.95. The summed E-state index contributed by atoms with van der Waals surface area (Å²) in [6.07, 6.45) is 0. The Hall–Kier alpha value is 1.22. The van der Waals surface area contributed by atoms with Gasteiger partial charge in [0.25, 0.3) is 0 Å². The minimum atomic E-state index is -0.0185. The van der Waals surface area contributed by atoms with E-state index in [1.165, 1.54) is 26.2 Å². The number of hydrogen-bond donors (Lipinski definition) is 2. The van der Waals surface area contributed by atoms with Crippen molar-refractivity contribution in [3.8, 4) is 0 Å². The van der Waals surface area contributed by atoms with Crippen LogP contribution in [0.15, 0.2) is 0 Å². The number of halogens is 2. The summed E-state index contributed by atoms with van der Waals surface area (Å²) in [6, 6.07) is 0. The summed E-state index contributed by atoms with van der Waals surface area (Å²) in [4.78, 5) is 2.39. The molecule has 0 aromatic heterocycles. The zero-order valence-corrected chi connectivity index (χ0v) is 15.1. The fraction of sp³-hybridized carbons (Fsp3) is 1.00. The first-order chi connectivity index (χ1) is 8.11. The average Bonchev–Trinajstić information content (AvgIpc) is 2.85. The topological polar surface area (TPSA) is 33.8 Å². The van der Waals surface area contributed by atoms with Crippen LogP contribution in [0.25, 0.3) is 0 Å². The molecule has 0 radical (unpaired) electrons. The Morgan fingerprint density at radius 2 is 1.94 bits per heavy atom. The fourth-order valence-electron chi connectivity index (χ4n) is 1.96. The summed E-state index contributed by atoms with van der Waals surface area (Å²) in [5.41, 5.74) is 0. The van der Waals surface area contributed by atoms with Crippen molar-refractivity contribution in [2.75, 3.05) is 60.7 Å². The molecule has 2 fully saturated rings. The SMILES string of the molecule is CN[I-]N1CC[N+](C)(N[I-]N2CCN(C)C2)C1. The van der Waals surface area contributed by atoms with Gasteiger partial charge in [-0.05, 0) is 0 Å². The van der Waals surface area contributed by atoms with Crippen molar-refractivity contribution in [2.45, 2.75) is 0 Å². The number of nitrogens with zero attached hydrogens (tertiary/aromatic N) is 4. The molecule has 0 aromatic rings. The van der Waals surface area contributed by atoms with Crippen molar-refractivity contribution in [1.29, 1.82) is 0 Å². The quantitative estimate of drug-likeness (QED) is 0.238. The molecule has 0 aliphatic carbocycles. The number of hydrogen-bond acceptors (Lipinski definition) is 5. The maximum atomic E-state index is 3.80. The van der Waals surface area contributed by atoms with E-state index in [0.29, 0.717) is 0 Å². The van der Waals surface area contributed by atoms with Crippen LogP contribution in [0.2, 0.25) is 0 Å². The van der Waals surface area contributed by atoms with Gasteiger partial charge in [-0.15, -0.1) is 0 Å². The molecule has 6 nitrogen and oxygen atoms in total. The van der Waals surface area contributed by atoms with Gasteiger partial charge in [-0.3, -0.25) is 0 Å². The minimum absolute atomic E-state index is 0.0185. The molecular weight excluding hydrogens is 446 g/mol. The summed E-state index contributed by atoms with van der Waals surface area (Å²) in [7, 11) is 6.60. The van der Waals surface area contributed by atoms with Crippen LogP contribution < -0.4 is 50.7 Å². The van der Waals surface area contributed by atoms with E-state index in [2.05, 4.69) is 39.4 Å². The van der Waals surface area contributed by atoms with Gasteiger partial charge in [0, 0.05) is 0 Å². The standard InChI is InChI=1S/C9H23I2N6/c1-12-10-16-6-7-17(3,9-16)13-11-15-5-4-14(2)8-15/h12-13H,4-9H2,1-3H3/q-1. The molecule has 1 unspecified atom stereocenters. The van der Waals surface area contributed by atoms with Crippen molar-refractivity contribution in [3.63, 3.8) is 0 Å². The predicted octanol–water partition coefficient (Wildman–Crippen LogP) is -7.53. The second-order valence-corrected chi connectivity index (χ2v) is 10.1. The van der Waals surface area contributed by atoms with E-state index in [9.17, 15) is 0 Å². The Labute approximate surface area is 126 Å². The van der Waals surface area contributed by atoms with Crippen molar-refractivity contribution >= 4 is 0 Å². The summed E-state index contributed by atoms with van der Waals surface area (Å²) in [6.45, 7) is 7.25. The van der Waals surface area contributed by atoms with Gasteiger partial charge < -0.3 is 0 Å². The van der Waals surface area contributed by atoms with Crippen molar-refractivity contribution in [3.05, 3.63) is 0 Å². The van der Waals surface area contributed by atoms with Gasteiger partial charge in [0.2, 0.25) is 0 Å². The van der Waals surface area contributed by atoms with Crippen molar-refractivity contribution in [2.24, 2.45) is 0 Å². The van der Waals surface area contributed by atoms with Gasteiger partial charge in [-0.25, -0.2) is 0 Å². The molecule has 2 rings (SSSR count). The van der Waals surface area contributed by atoms with Crippen LogP contribution in [0.4, 0.5) is 0 Å². The summed E-state index contributed by atoms with van der Waals surface area (Å²) < 4.78 is 13.3. The maximum absolute atomic E-state index is 3.80. The van der Waals surface area contributed by atoms with Crippen LogP contribution >= 0.6 is 0 Å². The third-order valence-corrected chi connectivity index (χ3v) is 7.79. The monoisotopic (exact) mass is 469 g/mol. The van der Waals surface area contributed by atoms with Crippen LogP contribution in [-0.2, 0) is 0 Å². The first kappa shape index (κ1) is 14.6. The third kappa shape index (κ3) is 4.37. The van der Waals surface area contributed by atoms with Gasteiger partial charge >= 0.3 is 127 Å². The van der Waals surface area contributed by atoms with E-state index in [1.54, 1.807) is 0 Å². The first-order valence-electron chi connectivity index (χ1n) is 5.86. The Morgan fingerprint density at radius 1 is 1.12 bits per heavy atom. The van der Waals surface area contributed by atoms with E-state index in [-0.39, 0.29) is 43.5 Å². The molecule has 104 valence electrons. The molecule has 0 amide bonds. The van der Waals surface area contributed by atoms with Gasteiger partial charge in [-0.1, -0.05) is 0 Å². The Bertz CT molecular complexity index is 256. The number of quaternary nitrogens is 1. The molecule has 17 heavy (non-hydrogen) atoms. The average molecular weight is 469 g/mol. The van der Waals surface area contributed by atoms with Gasteiger partial charge in [0.15, 0.2) is 0 Å². The van der Waals surface area contributed by atoms with E-state index < -0.39 is 0 Å². The molecule has 1 atom stereocenters. The molecule has 0 bridgehead atoms. The van der Waals surface area contributed by atoms with Gasteiger partial charge in [0.1, 0.15) is 0 Å². The summed E-state index contributed by atoms with van der Waals surface area (Å²) >= 11 is 0.0347. The number of rotatable bonds is 5. The third-order valence-electron chi connectivity index (χ3n) is 2.99. The number of nitrogens with one attached hydrogen (secondary N) is 2. The van der Waals surface area contributed by atoms with Crippen LogP contribution in [0.3, 0.4) is 0 Å². The Morgan fingerprint density at radius 3 is 2.59 bits per heavy atom. The molecule has 8 heteroatoms. The van der Waals surface area contributed by atoms with E-state index in [0.717, 1.165) is 17.9 Å². The molecule has 0 saturated carbocycles. The molecule has 2 saturated heterocycles. The van der Waals surface area contributed by atoms with Crippen molar-refractivity contribution in [1.82, 2.24) is 18.3 Å². The van der Waals surface area contributed by atoms with Crippen LogP contribution in [0.1, 0.15) is 0 Å². The summed E-state index contributed by atoms with van der Waals surface area (Å²) in [5.74, 6) is 0. The van der Waals surface area contributed by atoms with Crippen LogP contribution in [0.5, 0.6) is 0 Å². The summed E-state index contributed by atoms with van der Waals surface area (Å²) in [5, 5.41) is 0. The fourth-order valence-corrected chi connectivity index (χ4v) is 6.28. The van der Waals surface area contributed by atoms with E-state index >= 15 is 0 Å². The molecule has 2 N–H and O–H groups in total. The molecular formula is C9H23I2N6-. The molecule has 2 aliphatic heterocycles. The Balaban J connectivity index is 1.71. The molecule has 2 heterocycles. The second-order valence-electron chi connectivity index (χ2n) is 4.80. The molecule has 0 aromatic carbocycles. The Kier molecular flexibility index (Phi) is 5.67. The van der Waals surface area contributed by atoms with Crippen LogP contribution in [-0.4, -0.2) is 76.4 Å². The van der Waals surface area contributed by atoms with E-state index in [4.69, 9.17) is 0 Å². The van der Waals surface area contributed by atoms with Gasteiger partial charge in [-0.2, -0.15) is 0 Å². The number of likely N-dealkylation sites (N-methyl/N-ethyl adjacent to an activating group) is 2. The van der Waals surface area contributed by atoms with Gasteiger partial charge in [0.05, 0.1) is 0 Å². The molecule has 2 aliphatic rings. The zero-order chi connectivity index (χ0) is 12.3. The zero-order valence-electron chi connectivity index (χ0n) is 10.8.